The predicted molar refractivity (Wildman–Crippen MR) is 123 cm³/mol. The largest absolute Gasteiger partial charge is 0.360 e. The Labute approximate surface area is 186 Å². The lowest BCUT2D eigenvalue weighted by molar-refractivity contribution is -0.383. The highest BCUT2D eigenvalue weighted by atomic mass is 35.5. The Balaban J connectivity index is 1.45. The summed E-state index contributed by atoms with van der Waals surface area (Å²) >= 11 is 5.92. The van der Waals surface area contributed by atoms with Crippen LogP contribution in [-0.2, 0) is 13.0 Å². The topological polar surface area (TPSA) is 84.2 Å². The van der Waals surface area contributed by atoms with Crippen LogP contribution in [-0.4, -0.2) is 28.0 Å². The molecule has 0 aliphatic carbocycles. The summed E-state index contributed by atoms with van der Waals surface area (Å²) in [5.41, 5.74) is 2.22. The molecule has 1 aliphatic rings. The van der Waals surface area contributed by atoms with Crippen molar-refractivity contribution in [1.29, 1.82) is 0 Å². The third kappa shape index (κ3) is 5.30. The molecule has 8 heteroatoms. The van der Waals surface area contributed by atoms with Gasteiger partial charge in [0.2, 0.25) is 11.6 Å². The zero-order valence-corrected chi connectivity index (χ0v) is 17.8. The van der Waals surface area contributed by atoms with E-state index in [0.29, 0.717) is 23.3 Å². The van der Waals surface area contributed by atoms with Crippen LogP contribution in [0.15, 0.2) is 60.9 Å². The fraction of sp³-hybridized carbons (Fsp3) is 0.304. The number of nitrogens with zero attached hydrogens (tertiary/aromatic N) is 4. The molecule has 0 amide bonds. The molecule has 0 spiro atoms. The molecule has 0 radical (unpaired) electrons. The summed E-state index contributed by atoms with van der Waals surface area (Å²) in [5.74, 6) is 1.19. The zero-order valence-electron chi connectivity index (χ0n) is 17.1. The van der Waals surface area contributed by atoms with Crippen LogP contribution in [0.3, 0.4) is 0 Å². The molecule has 7 nitrogen and oxygen atoms in total. The first-order valence-electron chi connectivity index (χ1n) is 10.4. The molecule has 1 aliphatic heterocycles. The molecular weight excluding hydrogens is 414 g/mol. The summed E-state index contributed by atoms with van der Waals surface area (Å²) in [6.07, 6.45) is 4.38. The van der Waals surface area contributed by atoms with Crippen LogP contribution in [0.25, 0.3) is 0 Å². The van der Waals surface area contributed by atoms with Crippen molar-refractivity contribution in [2.45, 2.75) is 25.8 Å². The van der Waals surface area contributed by atoms with Crippen molar-refractivity contribution in [3.8, 4) is 0 Å². The van der Waals surface area contributed by atoms with Crippen molar-refractivity contribution in [3.63, 3.8) is 0 Å². The number of piperidine rings is 1. The number of rotatable bonds is 7. The van der Waals surface area contributed by atoms with Gasteiger partial charge in [-0.25, -0.2) is 9.97 Å². The first-order chi connectivity index (χ1) is 15.1. The molecule has 1 N–H and O–H groups in total. The summed E-state index contributed by atoms with van der Waals surface area (Å²) in [6.45, 7) is 1.89. The molecule has 2 aromatic carbocycles. The number of nitrogens with one attached hydrogen (secondary N) is 1. The van der Waals surface area contributed by atoms with Gasteiger partial charge in [-0.3, -0.25) is 10.1 Å². The zero-order chi connectivity index (χ0) is 21.6. The Morgan fingerprint density at radius 3 is 2.42 bits per heavy atom. The van der Waals surface area contributed by atoms with Gasteiger partial charge in [0.05, 0.1) is 4.92 Å². The maximum absolute atomic E-state index is 11.9. The molecule has 1 saturated heterocycles. The molecule has 1 aromatic heterocycles. The van der Waals surface area contributed by atoms with Crippen molar-refractivity contribution in [2.75, 3.05) is 23.3 Å². The second kappa shape index (κ2) is 9.75. The van der Waals surface area contributed by atoms with Crippen LogP contribution in [0.1, 0.15) is 24.0 Å². The van der Waals surface area contributed by atoms with E-state index in [1.165, 1.54) is 11.9 Å². The van der Waals surface area contributed by atoms with Gasteiger partial charge in [0.25, 0.3) is 0 Å². The third-order valence-electron chi connectivity index (χ3n) is 5.64. The smallest absolute Gasteiger partial charge is 0.353 e. The van der Waals surface area contributed by atoms with Crippen LogP contribution in [0.5, 0.6) is 0 Å². The number of nitro groups is 1. The van der Waals surface area contributed by atoms with Crippen LogP contribution in [0.2, 0.25) is 5.02 Å². The number of benzene rings is 2. The molecule has 160 valence electrons. The van der Waals surface area contributed by atoms with E-state index in [1.54, 1.807) is 12.1 Å². The van der Waals surface area contributed by atoms with E-state index in [-0.39, 0.29) is 11.5 Å². The minimum atomic E-state index is -0.393. The SMILES string of the molecule is O=[N+]([O-])c1c(NCc2ccc(Cl)cc2)ncnc1N1CCC(Cc2ccccc2)CC1. The standard InChI is InChI=1S/C23H24ClN5O2/c24-20-8-6-19(7-9-20)15-25-22-21(29(30)31)23(27-16-26-22)28-12-10-18(11-13-28)14-17-4-2-1-3-5-17/h1-9,16,18H,10-15H2,(H,25,26,27). The Bertz CT molecular complexity index is 1020. The molecule has 0 saturated carbocycles. The molecule has 31 heavy (non-hydrogen) atoms. The molecule has 4 rings (SSSR count). The predicted octanol–water partition coefficient (Wildman–Crippen LogP) is 5.11. The minimum Gasteiger partial charge on any atom is -0.360 e. The van der Waals surface area contributed by atoms with Gasteiger partial charge in [0, 0.05) is 24.7 Å². The van der Waals surface area contributed by atoms with Gasteiger partial charge >= 0.3 is 5.69 Å². The highest BCUT2D eigenvalue weighted by Gasteiger charge is 2.29. The molecular formula is C23H24ClN5O2. The normalized spacial score (nSPS) is 14.4. The van der Waals surface area contributed by atoms with E-state index in [9.17, 15) is 10.1 Å². The minimum absolute atomic E-state index is 0.0713. The van der Waals surface area contributed by atoms with E-state index < -0.39 is 4.92 Å². The van der Waals surface area contributed by atoms with Gasteiger partial charge in [0.1, 0.15) is 6.33 Å². The first-order valence-corrected chi connectivity index (χ1v) is 10.7. The summed E-state index contributed by atoms with van der Waals surface area (Å²) in [6, 6.07) is 17.8. The maximum atomic E-state index is 11.9. The van der Waals surface area contributed by atoms with Crippen molar-refractivity contribution < 1.29 is 4.92 Å². The summed E-state index contributed by atoms with van der Waals surface area (Å²) in [5, 5.41) is 15.6. The Morgan fingerprint density at radius 1 is 1.03 bits per heavy atom. The van der Waals surface area contributed by atoms with Gasteiger partial charge in [-0.2, -0.15) is 0 Å². The van der Waals surface area contributed by atoms with E-state index in [0.717, 1.165) is 37.9 Å². The van der Waals surface area contributed by atoms with Crippen molar-refractivity contribution in [1.82, 2.24) is 9.97 Å². The molecule has 1 fully saturated rings. The van der Waals surface area contributed by atoms with Crippen molar-refractivity contribution in [2.24, 2.45) is 5.92 Å². The van der Waals surface area contributed by atoms with Crippen LogP contribution < -0.4 is 10.2 Å². The summed E-state index contributed by atoms with van der Waals surface area (Å²) in [7, 11) is 0. The van der Waals surface area contributed by atoms with Crippen LogP contribution >= 0.6 is 11.6 Å². The van der Waals surface area contributed by atoms with E-state index >= 15 is 0 Å². The third-order valence-corrected chi connectivity index (χ3v) is 5.89. The van der Waals surface area contributed by atoms with E-state index in [1.807, 2.05) is 23.1 Å². The van der Waals surface area contributed by atoms with Crippen molar-refractivity contribution in [3.05, 3.63) is 87.2 Å². The van der Waals surface area contributed by atoms with Gasteiger partial charge in [-0.1, -0.05) is 54.1 Å². The molecule has 0 bridgehead atoms. The number of hydrogen-bond acceptors (Lipinski definition) is 6. The molecule has 2 heterocycles. The van der Waals surface area contributed by atoms with Crippen LogP contribution in [0.4, 0.5) is 17.3 Å². The number of hydrogen-bond donors (Lipinski definition) is 1. The van der Waals surface area contributed by atoms with E-state index in [2.05, 4.69) is 39.6 Å². The lowest BCUT2D eigenvalue weighted by Gasteiger charge is -2.32. The number of anilines is 2. The second-order valence-electron chi connectivity index (χ2n) is 7.75. The monoisotopic (exact) mass is 437 g/mol. The van der Waals surface area contributed by atoms with Gasteiger partial charge < -0.3 is 10.2 Å². The van der Waals surface area contributed by atoms with E-state index in [4.69, 9.17) is 11.6 Å². The Morgan fingerprint density at radius 2 is 1.74 bits per heavy atom. The van der Waals surface area contributed by atoms with Gasteiger partial charge in [-0.15, -0.1) is 0 Å². The molecule has 0 unspecified atom stereocenters. The average Bonchev–Trinajstić information content (AvgIpc) is 2.79. The number of aromatic nitrogens is 2. The van der Waals surface area contributed by atoms with Crippen LogP contribution in [0, 0.1) is 16.0 Å². The second-order valence-corrected chi connectivity index (χ2v) is 8.19. The summed E-state index contributed by atoms with van der Waals surface area (Å²) in [4.78, 5) is 21.9. The summed E-state index contributed by atoms with van der Waals surface area (Å²) < 4.78 is 0. The maximum Gasteiger partial charge on any atom is 0.353 e. The van der Waals surface area contributed by atoms with Gasteiger partial charge in [0.15, 0.2) is 0 Å². The fourth-order valence-electron chi connectivity index (χ4n) is 3.98. The molecule has 0 atom stereocenters. The highest BCUT2D eigenvalue weighted by molar-refractivity contribution is 6.30. The average molecular weight is 438 g/mol. The Kier molecular flexibility index (Phi) is 6.62. The van der Waals surface area contributed by atoms with Crippen molar-refractivity contribution >= 4 is 28.9 Å². The number of halogens is 1. The quantitative estimate of drug-likeness (QED) is 0.408. The lowest BCUT2D eigenvalue weighted by atomic mass is 9.90. The fourth-order valence-corrected chi connectivity index (χ4v) is 4.11. The first kappa shape index (κ1) is 21.1. The Hall–Kier alpha value is -3.19. The lowest BCUT2D eigenvalue weighted by Crippen LogP contribution is -2.35. The highest BCUT2D eigenvalue weighted by Crippen LogP contribution is 2.34. The molecule has 3 aromatic rings. The van der Waals surface area contributed by atoms with Gasteiger partial charge in [-0.05, 0) is 48.4 Å².